The van der Waals surface area contributed by atoms with E-state index in [4.69, 9.17) is 4.74 Å². The average Bonchev–Trinajstić information content (AvgIpc) is 3.52. The molecule has 0 spiro atoms. The number of methoxy groups -OCH3 is 1. The number of Topliss-reactive ketones (excluding diaryl/α,β-unsaturated/α-hetero) is 1. The molecule has 3 aromatic rings. The van der Waals surface area contributed by atoms with Gasteiger partial charge in [0.05, 0.1) is 5.56 Å². The zero-order chi connectivity index (χ0) is 24.5. The van der Waals surface area contributed by atoms with E-state index in [0.717, 1.165) is 22.7 Å². The molecule has 8 nitrogen and oxygen atoms in total. The molecule has 1 saturated carbocycles. The Kier molecular flexibility index (Phi) is 9.54. The predicted molar refractivity (Wildman–Crippen MR) is 131 cm³/mol. The van der Waals surface area contributed by atoms with Gasteiger partial charge in [-0.1, -0.05) is 45.7 Å². The summed E-state index contributed by atoms with van der Waals surface area (Å²) < 4.78 is 6.50. The number of carbonyl (C=O) groups is 2. The summed E-state index contributed by atoms with van der Waals surface area (Å²) in [5, 5.41) is 10.1. The normalized spacial score (nSPS) is 12.2. The zero-order valence-corrected chi connectivity index (χ0v) is 20.7. The average molecular weight is 454 g/mol. The van der Waals surface area contributed by atoms with Crippen molar-refractivity contribution < 1.29 is 14.3 Å². The number of anilines is 2. The number of aryl methyl sites for hydroxylation is 2. The van der Waals surface area contributed by atoms with E-state index < -0.39 is 0 Å². The minimum Gasteiger partial charge on any atom is -0.364 e. The van der Waals surface area contributed by atoms with Crippen LogP contribution in [0.2, 0.25) is 0 Å². The van der Waals surface area contributed by atoms with Gasteiger partial charge in [-0.15, -0.1) is 0 Å². The summed E-state index contributed by atoms with van der Waals surface area (Å²) in [7, 11) is 1.51. The number of fused-ring (bicyclic) bond motifs is 1. The Morgan fingerprint density at radius 2 is 1.88 bits per heavy atom. The second-order valence-corrected chi connectivity index (χ2v) is 7.90. The summed E-state index contributed by atoms with van der Waals surface area (Å²) in [6.07, 6.45) is 6.04. The van der Waals surface area contributed by atoms with Crippen LogP contribution in [0, 0.1) is 19.8 Å². The van der Waals surface area contributed by atoms with E-state index in [0.29, 0.717) is 22.5 Å². The first-order valence-electron chi connectivity index (χ1n) is 11.3. The highest BCUT2D eigenvalue weighted by Gasteiger charge is 2.18. The van der Waals surface area contributed by atoms with Crippen LogP contribution in [-0.2, 0) is 4.74 Å². The maximum atomic E-state index is 12.3. The second kappa shape index (κ2) is 12.1. The van der Waals surface area contributed by atoms with Crippen LogP contribution in [0.4, 0.5) is 11.5 Å². The van der Waals surface area contributed by atoms with Gasteiger partial charge in [0.15, 0.2) is 11.6 Å². The first-order chi connectivity index (χ1) is 15.8. The second-order valence-electron chi connectivity index (χ2n) is 7.90. The Hall–Kier alpha value is -3.26. The van der Waals surface area contributed by atoms with Crippen LogP contribution in [-0.4, -0.2) is 40.1 Å². The minimum atomic E-state index is -0.249. The van der Waals surface area contributed by atoms with Crippen molar-refractivity contribution in [2.75, 3.05) is 19.2 Å². The molecule has 0 aliphatic heterocycles. The van der Waals surface area contributed by atoms with Crippen LogP contribution < -0.4 is 10.6 Å². The van der Waals surface area contributed by atoms with Crippen LogP contribution in [0.5, 0.6) is 0 Å². The SMILES string of the molecule is CC.CC1CC1.COCNC(=O)c1cn2ncnc(Nc3cc(C(C)=O)ccc3C)c2c1C. The molecule has 1 aromatic carbocycles. The third-order valence-electron chi connectivity index (χ3n) is 5.21. The lowest BCUT2D eigenvalue weighted by molar-refractivity contribution is 0.0871. The highest BCUT2D eigenvalue weighted by atomic mass is 16.5. The van der Waals surface area contributed by atoms with E-state index in [-0.39, 0.29) is 18.4 Å². The first-order valence-corrected chi connectivity index (χ1v) is 11.3. The van der Waals surface area contributed by atoms with Gasteiger partial charge in [-0.05, 0) is 43.9 Å². The number of carbonyl (C=O) groups excluding carboxylic acids is 2. The minimum absolute atomic E-state index is 0.0122. The van der Waals surface area contributed by atoms with Crippen LogP contribution in [0.15, 0.2) is 30.7 Å². The van der Waals surface area contributed by atoms with Crippen molar-refractivity contribution in [1.29, 1.82) is 0 Å². The van der Waals surface area contributed by atoms with Gasteiger partial charge in [-0.3, -0.25) is 9.59 Å². The highest BCUT2D eigenvalue weighted by molar-refractivity contribution is 5.99. The zero-order valence-electron chi connectivity index (χ0n) is 20.7. The van der Waals surface area contributed by atoms with Crippen molar-refractivity contribution in [2.24, 2.45) is 5.92 Å². The van der Waals surface area contributed by atoms with E-state index in [1.54, 1.807) is 22.8 Å². The monoisotopic (exact) mass is 453 g/mol. The molecule has 0 atom stereocenters. The van der Waals surface area contributed by atoms with E-state index >= 15 is 0 Å². The quantitative estimate of drug-likeness (QED) is 0.399. The molecule has 2 aromatic heterocycles. The fourth-order valence-corrected chi connectivity index (χ4v) is 2.98. The Morgan fingerprint density at radius 1 is 1.21 bits per heavy atom. The van der Waals surface area contributed by atoms with E-state index in [2.05, 4.69) is 27.6 Å². The lowest BCUT2D eigenvalue weighted by Gasteiger charge is -2.11. The number of hydrogen-bond acceptors (Lipinski definition) is 6. The van der Waals surface area contributed by atoms with Gasteiger partial charge in [0, 0.05) is 24.6 Å². The molecule has 1 aliphatic rings. The number of nitrogens with zero attached hydrogens (tertiary/aromatic N) is 3. The van der Waals surface area contributed by atoms with Gasteiger partial charge in [0.2, 0.25) is 0 Å². The van der Waals surface area contributed by atoms with Crippen LogP contribution in [0.1, 0.15) is 72.4 Å². The van der Waals surface area contributed by atoms with Gasteiger partial charge in [0.1, 0.15) is 18.6 Å². The predicted octanol–water partition coefficient (Wildman–Crippen LogP) is 5.07. The van der Waals surface area contributed by atoms with E-state index in [9.17, 15) is 9.59 Å². The lowest BCUT2D eigenvalue weighted by atomic mass is 10.1. The molecule has 1 fully saturated rings. The third-order valence-corrected chi connectivity index (χ3v) is 5.21. The van der Waals surface area contributed by atoms with Gasteiger partial charge in [0.25, 0.3) is 5.91 Å². The molecule has 2 N–H and O–H groups in total. The standard InChI is InChI=1S/C19H21N5O3.C4H8.C2H6/c1-11-5-6-14(13(3)25)7-16(11)23-18-17-12(2)15(19(26)21-10-27-4)8-24(17)22-9-20-18;1-4-2-3-4;1-2/h5-9H,10H2,1-4H3,(H,21,26)(H,20,22,23);4H,2-3H2,1H3;1-2H3. The van der Waals surface area contributed by atoms with Crippen molar-refractivity contribution >= 4 is 28.7 Å². The number of aromatic nitrogens is 3. The van der Waals surface area contributed by atoms with Gasteiger partial charge in [-0.25, -0.2) is 9.50 Å². The van der Waals surface area contributed by atoms with Crippen LogP contribution in [0.3, 0.4) is 0 Å². The fourth-order valence-electron chi connectivity index (χ4n) is 2.98. The molecule has 0 saturated heterocycles. The number of nitrogens with one attached hydrogen (secondary N) is 2. The molecule has 178 valence electrons. The first kappa shape index (κ1) is 26.0. The largest absolute Gasteiger partial charge is 0.364 e. The van der Waals surface area contributed by atoms with Crippen molar-refractivity contribution in [3.8, 4) is 0 Å². The van der Waals surface area contributed by atoms with Crippen molar-refractivity contribution in [3.63, 3.8) is 0 Å². The maximum absolute atomic E-state index is 12.3. The maximum Gasteiger partial charge on any atom is 0.254 e. The summed E-state index contributed by atoms with van der Waals surface area (Å²) in [5.74, 6) is 1.37. The molecule has 0 unspecified atom stereocenters. The lowest BCUT2D eigenvalue weighted by Crippen LogP contribution is -2.25. The van der Waals surface area contributed by atoms with E-state index in [1.807, 2.05) is 33.8 Å². The highest BCUT2D eigenvalue weighted by Crippen LogP contribution is 2.28. The smallest absolute Gasteiger partial charge is 0.254 e. The number of ether oxygens (including phenoxy) is 1. The van der Waals surface area contributed by atoms with Gasteiger partial charge in [-0.2, -0.15) is 5.10 Å². The topological polar surface area (TPSA) is 97.6 Å². The number of benzene rings is 1. The molecule has 8 heteroatoms. The number of hydrogen-bond donors (Lipinski definition) is 2. The molecule has 1 aliphatic carbocycles. The molecular weight excluding hydrogens is 418 g/mol. The Bertz CT molecular complexity index is 1100. The summed E-state index contributed by atoms with van der Waals surface area (Å²) in [6.45, 7) is 11.7. The third kappa shape index (κ3) is 6.86. The summed E-state index contributed by atoms with van der Waals surface area (Å²) in [5.41, 5.74) is 4.28. The number of amides is 1. The molecule has 33 heavy (non-hydrogen) atoms. The Balaban J connectivity index is 0.000000567. The Morgan fingerprint density at radius 3 is 2.45 bits per heavy atom. The van der Waals surface area contributed by atoms with Crippen LogP contribution in [0.25, 0.3) is 5.52 Å². The van der Waals surface area contributed by atoms with Gasteiger partial charge >= 0.3 is 0 Å². The van der Waals surface area contributed by atoms with Gasteiger partial charge < -0.3 is 15.4 Å². The summed E-state index contributed by atoms with van der Waals surface area (Å²) >= 11 is 0. The molecule has 4 rings (SSSR count). The molecular formula is C25H35N5O3. The number of ketones is 1. The van der Waals surface area contributed by atoms with E-state index in [1.165, 1.54) is 33.2 Å². The molecule has 0 radical (unpaired) electrons. The van der Waals surface area contributed by atoms with Crippen molar-refractivity contribution in [3.05, 3.63) is 53.0 Å². The molecule has 2 heterocycles. The molecule has 1 amide bonds. The summed E-state index contributed by atoms with van der Waals surface area (Å²) in [4.78, 5) is 28.3. The van der Waals surface area contributed by atoms with Crippen molar-refractivity contribution in [2.45, 2.75) is 54.4 Å². The molecule has 0 bridgehead atoms. The Labute approximate surface area is 195 Å². The van der Waals surface area contributed by atoms with Crippen LogP contribution >= 0.6 is 0 Å². The summed E-state index contributed by atoms with van der Waals surface area (Å²) in [6, 6.07) is 5.46. The number of rotatable bonds is 6. The van der Waals surface area contributed by atoms with Crippen molar-refractivity contribution in [1.82, 2.24) is 19.9 Å². The fraction of sp³-hybridized carbons (Fsp3) is 0.440.